The van der Waals surface area contributed by atoms with E-state index in [2.05, 4.69) is 36.2 Å². The first kappa shape index (κ1) is 18.8. The molecule has 0 aliphatic carbocycles. The van der Waals surface area contributed by atoms with E-state index < -0.39 is 0 Å². The van der Waals surface area contributed by atoms with Crippen molar-refractivity contribution in [1.82, 2.24) is 9.88 Å². The van der Waals surface area contributed by atoms with Crippen molar-refractivity contribution in [2.24, 2.45) is 5.92 Å². The van der Waals surface area contributed by atoms with E-state index in [1.807, 2.05) is 17.2 Å². The summed E-state index contributed by atoms with van der Waals surface area (Å²) in [6, 6.07) is 8.69. The molecule has 0 spiro atoms. The van der Waals surface area contributed by atoms with Crippen LogP contribution in [0.5, 0.6) is 0 Å². The van der Waals surface area contributed by atoms with Gasteiger partial charge in [0.25, 0.3) is 0 Å². The molecule has 1 aromatic carbocycles. The Hall–Kier alpha value is -1.98. The highest BCUT2D eigenvalue weighted by atomic mass is 32.1. The minimum atomic E-state index is 0.0338. The van der Waals surface area contributed by atoms with E-state index in [-0.39, 0.29) is 12.0 Å². The van der Waals surface area contributed by atoms with Crippen LogP contribution in [0.3, 0.4) is 0 Å². The molecule has 1 saturated heterocycles. The van der Waals surface area contributed by atoms with Crippen LogP contribution in [0.1, 0.15) is 28.2 Å². The Kier molecular flexibility index (Phi) is 6.22. The smallest absolute Gasteiger partial charge is 0.246 e. The fourth-order valence-corrected chi connectivity index (χ4v) is 3.99. The highest BCUT2D eigenvalue weighted by molar-refractivity contribution is 7.09. The molecule has 0 radical (unpaired) electrons. The average molecular weight is 371 g/mol. The number of rotatable bonds is 5. The number of thiazole rings is 1. The number of benzene rings is 1. The summed E-state index contributed by atoms with van der Waals surface area (Å²) in [7, 11) is 1.74. The third kappa shape index (κ3) is 4.80. The van der Waals surface area contributed by atoms with Gasteiger partial charge in [-0.3, -0.25) is 4.79 Å². The summed E-state index contributed by atoms with van der Waals surface area (Å²) >= 11 is 1.59. The maximum Gasteiger partial charge on any atom is 0.246 e. The van der Waals surface area contributed by atoms with Crippen molar-refractivity contribution in [2.45, 2.75) is 32.8 Å². The molecule has 0 unspecified atom stereocenters. The third-order valence-corrected chi connectivity index (χ3v) is 5.75. The summed E-state index contributed by atoms with van der Waals surface area (Å²) in [5.41, 5.74) is 3.46. The van der Waals surface area contributed by atoms with Gasteiger partial charge in [0, 0.05) is 31.7 Å². The van der Waals surface area contributed by atoms with Crippen LogP contribution in [0.15, 0.2) is 35.7 Å². The Bertz CT molecular complexity index is 767. The second-order valence-corrected chi connectivity index (χ2v) is 7.98. The maximum absolute atomic E-state index is 12.5. The summed E-state index contributed by atoms with van der Waals surface area (Å²) in [5, 5.41) is 2.97. The molecular weight excluding hydrogens is 344 g/mol. The van der Waals surface area contributed by atoms with Gasteiger partial charge in [-0.1, -0.05) is 29.8 Å². The average Bonchev–Trinajstić information content (AvgIpc) is 3.07. The number of ether oxygens (including phenoxy) is 1. The van der Waals surface area contributed by atoms with Crippen molar-refractivity contribution in [1.29, 1.82) is 0 Å². The number of hydrogen-bond acceptors (Lipinski definition) is 4. The Morgan fingerprint density at radius 1 is 1.35 bits per heavy atom. The molecule has 1 fully saturated rings. The van der Waals surface area contributed by atoms with Gasteiger partial charge in [0.2, 0.25) is 5.91 Å². The number of hydrogen-bond donors (Lipinski definition) is 0. The van der Waals surface area contributed by atoms with Gasteiger partial charge >= 0.3 is 0 Å². The fraction of sp³-hybridized carbons (Fsp3) is 0.429. The summed E-state index contributed by atoms with van der Waals surface area (Å²) in [5.74, 6) is 0.475. The first-order chi connectivity index (χ1) is 12.5. The molecule has 3 rings (SSSR count). The molecule has 138 valence electrons. The molecule has 2 atom stereocenters. The zero-order chi connectivity index (χ0) is 18.5. The van der Waals surface area contributed by atoms with Crippen LogP contribution in [-0.4, -0.2) is 42.1 Å². The van der Waals surface area contributed by atoms with Gasteiger partial charge in [-0.25, -0.2) is 4.98 Å². The minimum Gasteiger partial charge on any atom is -0.379 e. The summed E-state index contributed by atoms with van der Waals surface area (Å²) in [4.78, 5) is 18.7. The Balaban J connectivity index is 1.59. The number of carbonyl (C=O) groups is 1. The van der Waals surface area contributed by atoms with Crippen LogP contribution < -0.4 is 0 Å². The van der Waals surface area contributed by atoms with Gasteiger partial charge in [-0.15, -0.1) is 11.3 Å². The lowest BCUT2D eigenvalue weighted by molar-refractivity contribution is -0.131. The normalized spacial score (nSPS) is 20.7. The van der Waals surface area contributed by atoms with Crippen molar-refractivity contribution < 1.29 is 9.53 Å². The standard InChI is InChI=1S/C21H26N2O2S/c1-15-4-6-17(7-5-15)12-18-10-11-23(13-20(18)25-3)21(24)9-8-19-14-26-16(2)22-19/h4-9,14,18,20H,10-13H2,1-3H3/b9-8+/t18-,20+/m1/s1. The lowest BCUT2D eigenvalue weighted by Crippen LogP contribution is -2.47. The number of aryl methyl sites for hydroxylation is 2. The fourth-order valence-electron chi connectivity index (χ4n) is 3.41. The van der Waals surface area contributed by atoms with Gasteiger partial charge in [0.15, 0.2) is 0 Å². The zero-order valence-corrected chi connectivity index (χ0v) is 16.5. The second kappa shape index (κ2) is 8.60. The van der Waals surface area contributed by atoms with Crippen molar-refractivity contribution in [3.63, 3.8) is 0 Å². The molecule has 0 bridgehead atoms. The van der Waals surface area contributed by atoms with E-state index >= 15 is 0 Å². The molecular formula is C21H26N2O2S. The molecule has 26 heavy (non-hydrogen) atoms. The molecule has 0 N–H and O–H groups in total. The molecule has 5 heteroatoms. The van der Waals surface area contributed by atoms with Crippen LogP contribution in [0, 0.1) is 19.8 Å². The van der Waals surface area contributed by atoms with E-state index in [0.717, 1.165) is 30.1 Å². The molecule has 1 aliphatic heterocycles. The Morgan fingerprint density at radius 3 is 2.77 bits per heavy atom. The van der Waals surface area contributed by atoms with E-state index in [1.54, 1.807) is 30.6 Å². The van der Waals surface area contributed by atoms with E-state index in [1.165, 1.54) is 11.1 Å². The second-order valence-electron chi connectivity index (χ2n) is 6.92. The highest BCUT2D eigenvalue weighted by Gasteiger charge is 2.30. The van der Waals surface area contributed by atoms with Gasteiger partial charge in [0.05, 0.1) is 16.8 Å². The number of amides is 1. The zero-order valence-electron chi connectivity index (χ0n) is 15.6. The van der Waals surface area contributed by atoms with Gasteiger partial charge in [-0.05, 0) is 44.2 Å². The SMILES string of the molecule is CO[C@H]1CN(C(=O)/C=C/c2csc(C)n2)CC[C@@H]1Cc1ccc(C)cc1. The van der Waals surface area contributed by atoms with Crippen LogP contribution in [0.25, 0.3) is 6.08 Å². The van der Waals surface area contributed by atoms with Crippen LogP contribution in [-0.2, 0) is 16.0 Å². The summed E-state index contributed by atoms with van der Waals surface area (Å²) < 4.78 is 5.72. The third-order valence-electron chi connectivity index (χ3n) is 4.96. The highest BCUT2D eigenvalue weighted by Crippen LogP contribution is 2.25. The molecule has 2 heterocycles. The van der Waals surface area contributed by atoms with Crippen LogP contribution in [0.4, 0.5) is 0 Å². The number of aromatic nitrogens is 1. The van der Waals surface area contributed by atoms with Crippen molar-refractivity contribution in [3.8, 4) is 0 Å². The van der Waals surface area contributed by atoms with Gasteiger partial charge < -0.3 is 9.64 Å². The number of likely N-dealkylation sites (tertiary alicyclic amines) is 1. The summed E-state index contributed by atoms with van der Waals surface area (Å²) in [6.07, 6.45) is 5.45. The predicted molar refractivity (Wildman–Crippen MR) is 106 cm³/mol. The molecule has 1 aliphatic rings. The Morgan fingerprint density at radius 2 is 2.12 bits per heavy atom. The number of methoxy groups -OCH3 is 1. The first-order valence-corrected chi connectivity index (χ1v) is 9.90. The van der Waals surface area contributed by atoms with Gasteiger partial charge in [0.1, 0.15) is 0 Å². The lowest BCUT2D eigenvalue weighted by atomic mass is 9.87. The monoisotopic (exact) mass is 370 g/mol. The van der Waals surface area contributed by atoms with Crippen LogP contribution in [0.2, 0.25) is 0 Å². The largest absolute Gasteiger partial charge is 0.379 e. The lowest BCUT2D eigenvalue weighted by Gasteiger charge is -2.37. The van der Waals surface area contributed by atoms with E-state index in [0.29, 0.717) is 12.5 Å². The van der Waals surface area contributed by atoms with Crippen LogP contribution >= 0.6 is 11.3 Å². The minimum absolute atomic E-state index is 0.0338. The predicted octanol–water partition coefficient (Wildman–Crippen LogP) is 3.88. The topological polar surface area (TPSA) is 42.4 Å². The number of carbonyl (C=O) groups excluding carboxylic acids is 1. The van der Waals surface area contributed by atoms with Crippen molar-refractivity contribution in [3.05, 3.63) is 57.6 Å². The summed E-state index contributed by atoms with van der Waals surface area (Å²) in [6.45, 7) is 5.49. The van der Waals surface area contributed by atoms with Gasteiger partial charge in [-0.2, -0.15) is 0 Å². The maximum atomic E-state index is 12.5. The quantitative estimate of drug-likeness (QED) is 0.750. The Labute approximate surface area is 159 Å². The number of nitrogens with zero attached hydrogens (tertiary/aromatic N) is 2. The number of piperidine rings is 1. The van der Waals surface area contributed by atoms with E-state index in [4.69, 9.17) is 4.74 Å². The van der Waals surface area contributed by atoms with Crippen molar-refractivity contribution in [2.75, 3.05) is 20.2 Å². The van der Waals surface area contributed by atoms with Crippen molar-refractivity contribution >= 4 is 23.3 Å². The molecule has 1 amide bonds. The molecule has 0 saturated carbocycles. The molecule has 1 aromatic heterocycles. The molecule has 4 nitrogen and oxygen atoms in total. The molecule has 2 aromatic rings. The first-order valence-electron chi connectivity index (χ1n) is 9.02. The van der Waals surface area contributed by atoms with E-state index in [9.17, 15) is 4.79 Å².